The number of esters is 1. The fourth-order valence-electron chi connectivity index (χ4n) is 12.6. The molecule has 1 amide bonds. The van der Waals surface area contributed by atoms with Crippen LogP contribution in [0.25, 0.3) is 0 Å². The van der Waals surface area contributed by atoms with E-state index in [2.05, 4.69) is 39.9 Å². The molecule has 0 aromatic carbocycles. The summed E-state index contributed by atoms with van der Waals surface area (Å²) in [5.41, 5.74) is -1.21. The van der Waals surface area contributed by atoms with Gasteiger partial charge in [0.1, 0.15) is 6.10 Å². The third-order valence-electron chi connectivity index (χ3n) is 15.3. The highest BCUT2D eigenvalue weighted by Crippen LogP contribution is 2.77. The second-order valence-electron chi connectivity index (χ2n) is 19.0. The van der Waals surface area contributed by atoms with Gasteiger partial charge in [0.25, 0.3) is 0 Å². The van der Waals surface area contributed by atoms with E-state index in [4.69, 9.17) is 4.74 Å². The molecule has 0 aromatic rings. The molecule has 5 aliphatic rings. The number of carbonyl (C=O) groups excluding carboxylic acids is 2. The SMILES string of the molecule is CC(C)(CO)NC(=O)C[C@]12CCC[C@@H]1[C@H]1CCC3[C@@]4(C)CC[C@H](OC(=O)CC(C)(C)C(=O)O)C(C)(C)C4CC[C@@]3(C)[C@]1(C)CC2. The van der Waals surface area contributed by atoms with Crippen molar-refractivity contribution in [3.8, 4) is 0 Å². The minimum atomic E-state index is -1.14. The van der Waals surface area contributed by atoms with E-state index in [0.29, 0.717) is 30.1 Å². The normalized spacial score (nSPS) is 42.4. The van der Waals surface area contributed by atoms with Crippen molar-refractivity contribution < 1.29 is 29.3 Å². The molecule has 5 saturated carbocycles. The Labute approximate surface area is 272 Å². The number of aliphatic hydroxyl groups excluding tert-OH is 1. The maximum Gasteiger partial charge on any atom is 0.309 e. The van der Waals surface area contributed by atoms with E-state index >= 15 is 0 Å². The van der Waals surface area contributed by atoms with Gasteiger partial charge in [-0.1, -0.05) is 41.0 Å². The molecule has 3 N–H and O–H groups in total. The summed E-state index contributed by atoms with van der Waals surface area (Å²) in [6.45, 7) is 19.3. The van der Waals surface area contributed by atoms with Crippen LogP contribution in [0.3, 0.4) is 0 Å². The minimum absolute atomic E-state index is 0.0573. The molecule has 5 aliphatic carbocycles. The molecule has 0 radical (unpaired) electrons. The molecule has 7 heteroatoms. The Morgan fingerprint density at radius 2 is 1.49 bits per heavy atom. The zero-order chi connectivity index (χ0) is 33.4. The van der Waals surface area contributed by atoms with Crippen LogP contribution in [0.4, 0.5) is 0 Å². The Bertz CT molecular complexity index is 1190. The van der Waals surface area contributed by atoms with Crippen LogP contribution in [0.2, 0.25) is 0 Å². The number of aliphatic hydroxyl groups is 1. The lowest BCUT2D eigenvalue weighted by Gasteiger charge is -2.72. The summed E-state index contributed by atoms with van der Waals surface area (Å²) in [6.07, 6.45) is 12.8. The number of aliphatic carboxylic acids is 1. The van der Waals surface area contributed by atoms with Gasteiger partial charge in [0.2, 0.25) is 5.91 Å². The van der Waals surface area contributed by atoms with E-state index in [1.807, 2.05) is 13.8 Å². The second kappa shape index (κ2) is 11.2. The first kappa shape index (κ1) is 34.7. The molecule has 5 fully saturated rings. The number of hydrogen-bond donors (Lipinski definition) is 3. The van der Waals surface area contributed by atoms with Crippen LogP contribution in [0.15, 0.2) is 0 Å². The predicted molar refractivity (Wildman–Crippen MR) is 175 cm³/mol. The van der Waals surface area contributed by atoms with E-state index in [0.717, 1.165) is 32.1 Å². The number of amides is 1. The predicted octanol–water partition coefficient (Wildman–Crippen LogP) is 7.53. The molecular formula is C38H63NO6. The Hall–Kier alpha value is -1.63. The van der Waals surface area contributed by atoms with Gasteiger partial charge in [-0.3, -0.25) is 14.4 Å². The molecule has 0 heterocycles. The smallest absolute Gasteiger partial charge is 0.309 e. The minimum Gasteiger partial charge on any atom is -0.481 e. The largest absolute Gasteiger partial charge is 0.481 e. The Morgan fingerprint density at radius 3 is 2.13 bits per heavy atom. The van der Waals surface area contributed by atoms with Gasteiger partial charge >= 0.3 is 11.9 Å². The number of carboxylic acid groups (broad SMARTS) is 1. The summed E-state index contributed by atoms with van der Waals surface area (Å²) in [5.74, 6) is 1.000. The quantitative estimate of drug-likeness (QED) is 0.239. The Morgan fingerprint density at radius 1 is 0.800 bits per heavy atom. The molecule has 2 unspecified atom stereocenters. The number of carbonyl (C=O) groups is 3. The Balaban J connectivity index is 1.35. The molecule has 9 atom stereocenters. The number of hydrogen-bond acceptors (Lipinski definition) is 5. The van der Waals surface area contributed by atoms with Crippen molar-refractivity contribution in [1.82, 2.24) is 5.32 Å². The van der Waals surface area contributed by atoms with Crippen molar-refractivity contribution in [3.63, 3.8) is 0 Å². The number of nitrogens with one attached hydrogen (secondary N) is 1. The number of ether oxygens (including phenoxy) is 1. The highest BCUT2D eigenvalue weighted by atomic mass is 16.5. The molecule has 0 aliphatic heterocycles. The summed E-state index contributed by atoms with van der Waals surface area (Å²) in [4.78, 5) is 38.0. The third kappa shape index (κ3) is 5.47. The number of carboxylic acids is 1. The summed E-state index contributed by atoms with van der Waals surface area (Å²) in [7, 11) is 0. The van der Waals surface area contributed by atoms with Gasteiger partial charge in [-0.05, 0) is 137 Å². The zero-order valence-corrected chi connectivity index (χ0v) is 29.8. The van der Waals surface area contributed by atoms with Gasteiger partial charge in [0.05, 0.1) is 24.0 Å². The monoisotopic (exact) mass is 629 g/mol. The molecule has 256 valence electrons. The van der Waals surface area contributed by atoms with Crippen LogP contribution in [-0.2, 0) is 19.1 Å². The topological polar surface area (TPSA) is 113 Å². The first-order valence-corrected chi connectivity index (χ1v) is 18.0. The van der Waals surface area contributed by atoms with Crippen LogP contribution >= 0.6 is 0 Å². The number of fused-ring (bicyclic) bond motifs is 7. The third-order valence-corrected chi connectivity index (χ3v) is 15.3. The first-order chi connectivity index (χ1) is 20.7. The lowest BCUT2D eigenvalue weighted by atomic mass is 9.32. The summed E-state index contributed by atoms with van der Waals surface area (Å²) >= 11 is 0. The van der Waals surface area contributed by atoms with Crippen LogP contribution in [0.1, 0.15) is 146 Å². The lowest BCUT2D eigenvalue weighted by Crippen LogP contribution is -2.66. The van der Waals surface area contributed by atoms with Crippen LogP contribution in [-0.4, -0.2) is 46.3 Å². The summed E-state index contributed by atoms with van der Waals surface area (Å²) in [5, 5.41) is 22.4. The van der Waals surface area contributed by atoms with Gasteiger partial charge < -0.3 is 20.3 Å². The zero-order valence-electron chi connectivity index (χ0n) is 29.8. The van der Waals surface area contributed by atoms with Crippen LogP contribution in [0.5, 0.6) is 0 Å². The number of rotatable bonds is 8. The average molecular weight is 630 g/mol. The van der Waals surface area contributed by atoms with Crippen molar-refractivity contribution in [2.45, 2.75) is 157 Å². The van der Waals surface area contributed by atoms with E-state index in [-0.39, 0.29) is 52.1 Å². The van der Waals surface area contributed by atoms with Gasteiger partial charge in [0, 0.05) is 11.8 Å². The van der Waals surface area contributed by atoms with Crippen molar-refractivity contribution >= 4 is 17.8 Å². The fraction of sp³-hybridized carbons (Fsp3) is 0.921. The fourth-order valence-corrected chi connectivity index (χ4v) is 12.6. The maximum absolute atomic E-state index is 13.3. The standard InChI is InChI=1S/C38H63NO6/c1-32(2,31(43)44)22-30(42)45-28-15-17-35(7)26(34(28,5)6)14-18-37(9)27(35)13-12-24-25-11-10-16-38(25,20-19-36(24,37)8)21-29(41)39-33(3,4)23-40/h24-28,40H,10-23H2,1-9H3,(H,39,41)(H,43,44)/t24-,25-,26?,27?,28+,35+,36-,37-,38-/m1/s1. The van der Waals surface area contributed by atoms with E-state index in [1.165, 1.54) is 38.5 Å². The van der Waals surface area contributed by atoms with Crippen molar-refractivity contribution in [2.75, 3.05) is 6.61 Å². The lowest BCUT2D eigenvalue weighted by molar-refractivity contribution is -0.248. The summed E-state index contributed by atoms with van der Waals surface area (Å²) < 4.78 is 6.13. The molecular weight excluding hydrogens is 566 g/mol. The highest BCUT2D eigenvalue weighted by molar-refractivity contribution is 5.81. The van der Waals surface area contributed by atoms with E-state index in [9.17, 15) is 24.6 Å². The average Bonchev–Trinajstić information content (AvgIpc) is 3.33. The summed E-state index contributed by atoms with van der Waals surface area (Å²) in [6, 6.07) is 0. The molecule has 5 rings (SSSR count). The van der Waals surface area contributed by atoms with Crippen LogP contribution < -0.4 is 5.32 Å². The molecule has 0 saturated heterocycles. The van der Waals surface area contributed by atoms with Crippen molar-refractivity contribution in [3.05, 3.63) is 0 Å². The van der Waals surface area contributed by atoms with Gasteiger partial charge in [0.15, 0.2) is 0 Å². The maximum atomic E-state index is 13.3. The molecule has 7 nitrogen and oxygen atoms in total. The van der Waals surface area contributed by atoms with Gasteiger partial charge in [-0.15, -0.1) is 0 Å². The first-order valence-electron chi connectivity index (χ1n) is 18.0. The van der Waals surface area contributed by atoms with Crippen molar-refractivity contribution in [2.24, 2.45) is 56.2 Å². The van der Waals surface area contributed by atoms with E-state index < -0.39 is 22.9 Å². The van der Waals surface area contributed by atoms with Gasteiger partial charge in [-0.2, -0.15) is 0 Å². The molecule has 45 heavy (non-hydrogen) atoms. The Kier molecular flexibility index (Phi) is 8.66. The highest BCUT2D eigenvalue weighted by Gasteiger charge is 2.70. The van der Waals surface area contributed by atoms with E-state index in [1.54, 1.807) is 13.8 Å². The van der Waals surface area contributed by atoms with Crippen LogP contribution in [0, 0.1) is 56.2 Å². The molecule has 0 spiro atoms. The van der Waals surface area contributed by atoms with Crippen molar-refractivity contribution in [1.29, 1.82) is 0 Å². The second-order valence-corrected chi connectivity index (χ2v) is 19.0. The van der Waals surface area contributed by atoms with Gasteiger partial charge in [-0.25, -0.2) is 0 Å². The molecule has 0 aromatic heterocycles. The molecule has 0 bridgehead atoms.